The Kier molecular flexibility index (Phi) is 11.8. The van der Waals surface area contributed by atoms with Gasteiger partial charge in [-0.1, -0.05) is 12.1 Å². The molecule has 49 heavy (non-hydrogen) atoms. The molecule has 0 radical (unpaired) electrons. The van der Waals surface area contributed by atoms with E-state index in [4.69, 9.17) is 19.2 Å². The summed E-state index contributed by atoms with van der Waals surface area (Å²) in [6.45, 7) is 17.1. The second-order valence-electron chi connectivity index (χ2n) is 14.1. The molecule has 0 bridgehead atoms. The van der Waals surface area contributed by atoms with Crippen LogP contribution in [0.2, 0.25) is 0 Å². The van der Waals surface area contributed by atoms with Gasteiger partial charge in [0, 0.05) is 70.0 Å². The van der Waals surface area contributed by atoms with Crippen LogP contribution < -0.4 is 20.3 Å². The van der Waals surface area contributed by atoms with Gasteiger partial charge in [0.15, 0.2) is 0 Å². The Bertz CT molecular complexity index is 1430. The van der Waals surface area contributed by atoms with E-state index in [0.29, 0.717) is 69.3 Å². The molecule has 268 valence electrons. The molecule has 2 amide bonds. The molecule has 4 aliphatic rings. The Morgan fingerprint density at radius 2 is 1.73 bits per heavy atom. The third-order valence-electron chi connectivity index (χ3n) is 10.2. The number of rotatable bonds is 10. The minimum Gasteiger partial charge on any atom is -0.474 e. The Balaban J connectivity index is 1.23. The highest BCUT2D eigenvalue weighted by Crippen LogP contribution is 2.35. The van der Waals surface area contributed by atoms with E-state index in [-0.39, 0.29) is 60.5 Å². The minimum absolute atomic E-state index is 0.0310. The first-order chi connectivity index (χ1) is 23.7. The lowest BCUT2D eigenvalue weighted by molar-refractivity contribution is -0.122. The molecular weight excluding hydrogens is 629 g/mol. The average Bonchev–Trinajstić information content (AvgIpc) is 3.08. The summed E-state index contributed by atoms with van der Waals surface area (Å²) in [5, 5.41) is 6.65. The number of halogens is 1. The predicted octanol–water partition coefficient (Wildman–Crippen LogP) is 1.76. The number of piperazine rings is 1. The lowest BCUT2D eigenvalue weighted by Gasteiger charge is -2.46. The number of anilines is 1. The smallest absolute Gasteiger partial charge is 0.270 e. The summed E-state index contributed by atoms with van der Waals surface area (Å²) in [5.41, 5.74) is 2.28. The van der Waals surface area contributed by atoms with Gasteiger partial charge in [-0.25, -0.2) is 9.37 Å². The van der Waals surface area contributed by atoms with Crippen molar-refractivity contribution in [1.29, 1.82) is 0 Å². The van der Waals surface area contributed by atoms with Crippen LogP contribution in [-0.2, 0) is 20.7 Å². The van der Waals surface area contributed by atoms with Crippen LogP contribution in [0.15, 0.2) is 30.3 Å². The largest absolute Gasteiger partial charge is 0.474 e. The fourth-order valence-corrected chi connectivity index (χ4v) is 7.38. The summed E-state index contributed by atoms with van der Waals surface area (Å²) in [6, 6.07) is 8.91. The summed E-state index contributed by atoms with van der Waals surface area (Å²) >= 11 is 0. The molecule has 0 saturated carbocycles. The maximum Gasteiger partial charge on any atom is 0.270 e. The zero-order valence-corrected chi connectivity index (χ0v) is 29.3. The molecule has 5 atom stereocenters. The van der Waals surface area contributed by atoms with Gasteiger partial charge in [0.2, 0.25) is 11.8 Å². The minimum atomic E-state index is -0.328. The van der Waals surface area contributed by atoms with Gasteiger partial charge in [-0.15, -0.1) is 0 Å². The zero-order valence-electron chi connectivity index (χ0n) is 29.3. The second-order valence-corrected chi connectivity index (χ2v) is 14.1. The fourth-order valence-electron chi connectivity index (χ4n) is 7.38. The maximum atomic E-state index is 14.3. The molecule has 2 N–H and O–H groups in total. The monoisotopic (exact) mass is 681 g/mol. The van der Waals surface area contributed by atoms with E-state index < -0.39 is 0 Å². The Hall–Kier alpha value is -3.20. The van der Waals surface area contributed by atoms with E-state index >= 15 is 0 Å². The van der Waals surface area contributed by atoms with Gasteiger partial charge in [0.25, 0.3) is 5.91 Å². The fraction of sp³-hybridized carbons (Fsp3) is 0.639. The number of morpholine rings is 2. The van der Waals surface area contributed by atoms with Gasteiger partial charge in [-0.3, -0.25) is 24.3 Å². The molecule has 2 aromatic rings. The number of benzene rings is 1. The second kappa shape index (κ2) is 16.2. The molecular formula is C36H52FN7O5. The molecule has 1 aromatic heterocycles. The number of carbonyl (C=O) groups is 2. The van der Waals surface area contributed by atoms with Crippen LogP contribution in [0.4, 0.5) is 10.1 Å². The van der Waals surface area contributed by atoms with E-state index in [1.54, 1.807) is 17.0 Å². The first kappa shape index (κ1) is 35.6. The topological polar surface area (TPSA) is 112 Å². The zero-order chi connectivity index (χ0) is 34.5. The number of ether oxygens (including phenoxy) is 3. The third kappa shape index (κ3) is 8.76. The van der Waals surface area contributed by atoms with Crippen LogP contribution >= 0.6 is 0 Å². The van der Waals surface area contributed by atoms with E-state index in [9.17, 15) is 14.0 Å². The van der Waals surface area contributed by atoms with Gasteiger partial charge in [0.1, 0.15) is 23.8 Å². The maximum absolute atomic E-state index is 14.3. The van der Waals surface area contributed by atoms with Crippen molar-refractivity contribution in [2.24, 2.45) is 0 Å². The Morgan fingerprint density at radius 1 is 1.00 bits per heavy atom. The number of carbonyl (C=O) groups excluding carboxylic acids is 2. The van der Waals surface area contributed by atoms with Gasteiger partial charge in [0.05, 0.1) is 39.0 Å². The standard InChI is InChI=1S/C36H52FN7O5/c1-24-18-42(31(17-39-24)19-43-25(2)21-48-22-26(43)3)20-33(45)44-27(4)23-49-36-32(44)16-29(15-28-5-7-30(37)8-6-28)34(40-36)35(46)38-9-10-41-11-13-47-14-12-41/h5-8,16,24-27,31,39H,9-15,17-23H2,1-4H3,(H,38,46)/t24-,25-,26-,27+,31?/m1/s1. The van der Waals surface area contributed by atoms with Crippen molar-refractivity contribution in [1.82, 2.24) is 30.3 Å². The number of nitrogens with zero attached hydrogens (tertiary/aromatic N) is 5. The molecule has 3 saturated heterocycles. The number of amides is 2. The lowest BCUT2D eigenvalue weighted by Crippen LogP contribution is -2.63. The summed E-state index contributed by atoms with van der Waals surface area (Å²) in [7, 11) is 0. The summed E-state index contributed by atoms with van der Waals surface area (Å²) in [4.78, 5) is 41.6. The van der Waals surface area contributed by atoms with Crippen molar-refractivity contribution in [2.45, 2.75) is 64.3 Å². The quantitative estimate of drug-likeness (QED) is 0.385. The molecule has 1 unspecified atom stereocenters. The molecule has 6 rings (SSSR count). The number of pyridine rings is 1. The van der Waals surface area contributed by atoms with Crippen molar-refractivity contribution in [2.75, 3.05) is 90.3 Å². The SMILES string of the molecule is C[C@@H]1CN(CC(=O)N2c3cc(Cc4ccc(F)cc4)c(C(=O)NCCN4CCOCC4)nc3OC[C@@H]2C)C(CN2[C@H](C)COC[C@H]2C)CN1. The molecule has 4 aliphatic heterocycles. The van der Waals surface area contributed by atoms with Crippen molar-refractivity contribution in [3.63, 3.8) is 0 Å². The number of nitrogens with one attached hydrogen (secondary N) is 2. The third-order valence-corrected chi connectivity index (χ3v) is 10.2. The van der Waals surface area contributed by atoms with E-state index in [1.165, 1.54) is 12.1 Å². The number of fused-ring (bicyclic) bond motifs is 1. The summed E-state index contributed by atoms with van der Waals surface area (Å²) < 4.78 is 31.1. The van der Waals surface area contributed by atoms with Gasteiger partial charge < -0.3 is 29.7 Å². The van der Waals surface area contributed by atoms with Crippen LogP contribution in [0.3, 0.4) is 0 Å². The molecule has 0 spiro atoms. The van der Waals surface area contributed by atoms with Gasteiger partial charge in [-0.2, -0.15) is 0 Å². The van der Waals surface area contributed by atoms with Crippen molar-refractivity contribution >= 4 is 17.5 Å². The molecule has 0 aliphatic carbocycles. The van der Waals surface area contributed by atoms with E-state index in [1.807, 2.05) is 13.0 Å². The molecule has 12 nitrogen and oxygen atoms in total. The first-order valence-corrected chi connectivity index (χ1v) is 17.8. The van der Waals surface area contributed by atoms with Crippen molar-refractivity contribution in [3.05, 3.63) is 53.0 Å². The van der Waals surface area contributed by atoms with Gasteiger partial charge >= 0.3 is 0 Å². The van der Waals surface area contributed by atoms with Crippen LogP contribution in [0.25, 0.3) is 0 Å². The Labute approximate surface area is 289 Å². The molecule has 3 fully saturated rings. The lowest BCUT2D eigenvalue weighted by atomic mass is 10.0. The first-order valence-electron chi connectivity index (χ1n) is 17.8. The van der Waals surface area contributed by atoms with Crippen molar-refractivity contribution < 1.29 is 28.2 Å². The molecule has 5 heterocycles. The highest BCUT2D eigenvalue weighted by molar-refractivity contribution is 5.99. The van der Waals surface area contributed by atoms with Crippen LogP contribution in [-0.4, -0.2) is 147 Å². The highest BCUT2D eigenvalue weighted by Gasteiger charge is 2.37. The van der Waals surface area contributed by atoms with Crippen LogP contribution in [0.5, 0.6) is 5.88 Å². The average molecular weight is 682 g/mol. The summed E-state index contributed by atoms with van der Waals surface area (Å²) in [5.74, 6) is -0.395. The summed E-state index contributed by atoms with van der Waals surface area (Å²) in [6.07, 6.45) is 0.344. The number of hydrogen-bond acceptors (Lipinski definition) is 10. The highest BCUT2D eigenvalue weighted by atomic mass is 19.1. The van der Waals surface area contributed by atoms with Crippen molar-refractivity contribution in [3.8, 4) is 5.88 Å². The van der Waals surface area contributed by atoms with E-state index in [0.717, 1.165) is 38.3 Å². The normalized spacial score (nSPS) is 27.0. The molecule has 1 aromatic carbocycles. The van der Waals surface area contributed by atoms with Crippen LogP contribution in [0, 0.1) is 5.82 Å². The number of hydrogen-bond donors (Lipinski definition) is 2. The van der Waals surface area contributed by atoms with E-state index in [2.05, 4.69) is 46.1 Å². The van der Waals surface area contributed by atoms with Crippen LogP contribution in [0.1, 0.15) is 49.3 Å². The molecule has 13 heteroatoms. The number of aromatic nitrogens is 1. The predicted molar refractivity (Wildman–Crippen MR) is 185 cm³/mol. The van der Waals surface area contributed by atoms with Gasteiger partial charge in [-0.05, 0) is 63.4 Å². The Morgan fingerprint density at radius 3 is 2.47 bits per heavy atom.